The van der Waals surface area contributed by atoms with Crippen molar-refractivity contribution in [2.24, 2.45) is 0 Å². The smallest absolute Gasteiger partial charge is 0.340 e. The molecule has 1 aromatic heterocycles. The van der Waals surface area contributed by atoms with Gasteiger partial charge in [-0.15, -0.1) is 23.5 Å². The summed E-state index contributed by atoms with van der Waals surface area (Å²) in [5.41, 5.74) is 1.85. The van der Waals surface area contributed by atoms with Crippen LogP contribution >= 0.6 is 23.5 Å². The van der Waals surface area contributed by atoms with E-state index in [1.54, 1.807) is 25.6 Å². The van der Waals surface area contributed by atoms with E-state index in [-0.39, 0.29) is 5.56 Å². The Morgan fingerprint density at radius 1 is 1.19 bits per heavy atom. The number of nitrogens with zero attached hydrogens (tertiary/aromatic N) is 2. The minimum atomic E-state index is -0.979. The summed E-state index contributed by atoms with van der Waals surface area (Å²) in [5, 5.41) is 9.84. The number of thioether (sulfide) groups is 2. The Morgan fingerprint density at radius 3 is 2.43 bits per heavy atom. The Morgan fingerprint density at radius 2 is 1.86 bits per heavy atom. The number of benzene rings is 1. The van der Waals surface area contributed by atoms with Gasteiger partial charge in [-0.1, -0.05) is 12.1 Å². The number of aryl methyl sites for hydroxylation is 2. The number of carbonyl (C=O) groups is 1. The third kappa shape index (κ3) is 3.98. The lowest BCUT2D eigenvalue weighted by molar-refractivity contribution is 0.0690. The molecule has 0 bridgehead atoms. The largest absolute Gasteiger partial charge is 0.478 e. The van der Waals surface area contributed by atoms with Crippen molar-refractivity contribution in [1.29, 1.82) is 0 Å². The Kier molecular flexibility index (Phi) is 5.25. The van der Waals surface area contributed by atoms with Gasteiger partial charge in [-0.3, -0.25) is 0 Å². The number of aromatic nitrogens is 2. The molecule has 110 valence electrons. The molecule has 4 nitrogen and oxygen atoms in total. The number of hydrogen-bond acceptors (Lipinski definition) is 5. The molecule has 0 unspecified atom stereocenters. The first kappa shape index (κ1) is 15.9. The van der Waals surface area contributed by atoms with Crippen LogP contribution in [0.25, 0.3) is 0 Å². The van der Waals surface area contributed by atoms with Crippen molar-refractivity contribution >= 4 is 29.5 Å². The van der Waals surface area contributed by atoms with E-state index in [2.05, 4.69) is 34.2 Å². The Hall–Kier alpha value is -1.53. The van der Waals surface area contributed by atoms with Crippen molar-refractivity contribution in [3.8, 4) is 0 Å². The van der Waals surface area contributed by atoms with Crippen LogP contribution in [-0.4, -0.2) is 27.3 Å². The molecule has 0 atom stereocenters. The second-order valence-corrected chi connectivity index (χ2v) is 6.32. The summed E-state index contributed by atoms with van der Waals surface area (Å²) in [6.07, 6.45) is 2.04. The average molecular weight is 320 g/mol. The maximum atomic E-state index is 11.4. The Balaban J connectivity index is 2.20. The molecule has 1 N–H and O–H groups in total. The molecule has 2 aromatic rings. The van der Waals surface area contributed by atoms with E-state index in [1.807, 2.05) is 6.26 Å². The fraction of sp³-hybridized carbons (Fsp3) is 0.267. The van der Waals surface area contributed by atoms with Crippen LogP contribution in [-0.2, 0) is 5.75 Å². The van der Waals surface area contributed by atoms with Crippen molar-refractivity contribution in [1.82, 2.24) is 9.97 Å². The van der Waals surface area contributed by atoms with Crippen molar-refractivity contribution in [3.05, 3.63) is 46.9 Å². The first-order chi connectivity index (χ1) is 10.0. The van der Waals surface area contributed by atoms with Gasteiger partial charge < -0.3 is 5.11 Å². The molecule has 21 heavy (non-hydrogen) atoms. The highest BCUT2D eigenvalue weighted by Crippen LogP contribution is 2.27. The minimum absolute atomic E-state index is 0.200. The second-order valence-electron chi connectivity index (χ2n) is 4.48. The molecule has 0 saturated carbocycles. The van der Waals surface area contributed by atoms with Gasteiger partial charge in [0.25, 0.3) is 0 Å². The number of rotatable bonds is 5. The molecule has 0 spiro atoms. The lowest BCUT2D eigenvalue weighted by Crippen LogP contribution is -2.08. The first-order valence-corrected chi connectivity index (χ1v) is 8.56. The standard InChI is InChI=1S/C15H16N2O2S2/c1-9-13(15(18)19)14(17-10(2)16-9)21-8-11-4-6-12(20-3)7-5-11/h4-7H,8H2,1-3H3,(H,18,19). The quantitative estimate of drug-likeness (QED) is 0.668. The SMILES string of the molecule is CSc1ccc(CSc2nc(C)nc(C)c2C(=O)O)cc1. The molecule has 1 heterocycles. The minimum Gasteiger partial charge on any atom is -0.478 e. The van der Waals surface area contributed by atoms with Crippen LogP contribution < -0.4 is 0 Å². The number of carboxylic acid groups (broad SMARTS) is 1. The van der Waals surface area contributed by atoms with Gasteiger partial charge in [-0.05, 0) is 37.8 Å². The molecule has 0 fully saturated rings. The van der Waals surface area contributed by atoms with Crippen LogP contribution in [0.5, 0.6) is 0 Å². The van der Waals surface area contributed by atoms with Gasteiger partial charge in [0.05, 0.1) is 5.69 Å². The van der Waals surface area contributed by atoms with E-state index in [9.17, 15) is 9.90 Å². The van der Waals surface area contributed by atoms with Crippen LogP contribution in [0.4, 0.5) is 0 Å². The number of aromatic carboxylic acids is 1. The van der Waals surface area contributed by atoms with Crippen molar-refractivity contribution < 1.29 is 9.90 Å². The fourth-order valence-corrected chi connectivity index (χ4v) is 3.39. The van der Waals surface area contributed by atoms with Crippen molar-refractivity contribution in [3.63, 3.8) is 0 Å². The maximum Gasteiger partial charge on any atom is 0.340 e. The van der Waals surface area contributed by atoms with Crippen molar-refractivity contribution in [2.45, 2.75) is 29.5 Å². The van der Waals surface area contributed by atoms with E-state index in [4.69, 9.17) is 0 Å². The van der Waals surface area contributed by atoms with Gasteiger partial charge in [0.1, 0.15) is 16.4 Å². The van der Waals surface area contributed by atoms with Crippen molar-refractivity contribution in [2.75, 3.05) is 6.26 Å². The van der Waals surface area contributed by atoms with E-state index in [0.717, 1.165) is 5.56 Å². The molecule has 0 amide bonds. The topological polar surface area (TPSA) is 63.1 Å². The van der Waals surface area contributed by atoms with E-state index in [0.29, 0.717) is 22.3 Å². The summed E-state index contributed by atoms with van der Waals surface area (Å²) in [6.45, 7) is 3.48. The molecule has 0 aliphatic heterocycles. The fourth-order valence-electron chi connectivity index (χ4n) is 1.91. The summed E-state index contributed by atoms with van der Waals surface area (Å²) in [4.78, 5) is 21.0. The molecular formula is C15H16N2O2S2. The summed E-state index contributed by atoms with van der Waals surface area (Å²) in [6, 6.07) is 8.24. The lowest BCUT2D eigenvalue weighted by atomic mass is 10.2. The molecule has 6 heteroatoms. The zero-order valence-electron chi connectivity index (χ0n) is 12.1. The monoisotopic (exact) mass is 320 g/mol. The number of hydrogen-bond donors (Lipinski definition) is 1. The third-order valence-electron chi connectivity index (χ3n) is 2.92. The summed E-state index contributed by atoms with van der Waals surface area (Å²) >= 11 is 3.13. The summed E-state index contributed by atoms with van der Waals surface area (Å²) in [5.74, 6) is 0.302. The van der Waals surface area contributed by atoms with Gasteiger partial charge in [0.15, 0.2) is 0 Å². The molecule has 0 aliphatic carbocycles. The summed E-state index contributed by atoms with van der Waals surface area (Å²) in [7, 11) is 0. The van der Waals surface area contributed by atoms with Gasteiger partial charge in [-0.25, -0.2) is 14.8 Å². The maximum absolute atomic E-state index is 11.4. The first-order valence-electron chi connectivity index (χ1n) is 6.35. The van der Waals surface area contributed by atoms with Crippen LogP contribution in [0.3, 0.4) is 0 Å². The highest BCUT2D eigenvalue weighted by Gasteiger charge is 2.17. The van der Waals surface area contributed by atoms with Gasteiger partial charge in [0.2, 0.25) is 0 Å². The zero-order chi connectivity index (χ0) is 15.4. The van der Waals surface area contributed by atoms with E-state index >= 15 is 0 Å². The van der Waals surface area contributed by atoms with Gasteiger partial charge in [-0.2, -0.15) is 0 Å². The molecular weight excluding hydrogens is 304 g/mol. The highest BCUT2D eigenvalue weighted by molar-refractivity contribution is 7.98. The van der Waals surface area contributed by atoms with Crippen LogP contribution in [0.15, 0.2) is 34.2 Å². The normalized spacial score (nSPS) is 10.6. The highest BCUT2D eigenvalue weighted by atomic mass is 32.2. The van der Waals surface area contributed by atoms with Crippen LogP contribution in [0, 0.1) is 13.8 Å². The van der Waals surface area contributed by atoms with Gasteiger partial charge >= 0.3 is 5.97 Å². The lowest BCUT2D eigenvalue weighted by Gasteiger charge is -2.08. The molecule has 0 radical (unpaired) electrons. The van der Waals surface area contributed by atoms with E-state index < -0.39 is 5.97 Å². The molecule has 0 saturated heterocycles. The molecule has 0 aliphatic rings. The Labute approximate surface area is 132 Å². The number of carboxylic acids is 1. The van der Waals surface area contributed by atoms with Crippen LogP contribution in [0.1, 0.15) is 27.4 Å². The zero-order valence-corrected chi connectivity index (χ0v) is 13.7. The third-order valence-corrected chi connectivity index (χ3v) is 4.71. The average Bonchev–Trinajstić information content (AvgIpc) is 2.44. The second kappa shape index (κ2) is 6.95. The van der Waals surface area contributed by atoms with Crippen LogP contribution in [0.2, 0.25) is 0 Å². The summed E-state index contributed by atoms with van der Waals surface area (Å²) < 4.78 is 0. The predicted octanol–water partition coefficient (Wildman–Crippen LogP) is 3.81. The molecule has 1 aromatic carbocycles. The predicted molar refractivity (Wildman–Crippen MR) is 86.2 cm³/mol. The van der Waals surface area contributed by atoms with Gasteiger partial charge in [0, 0.05) is 10.6 Å². The molecule has 2 rings (SSSR count). The van der Waals surface area contributed by atoms with E-state index in [1.165, 1.54) is 16.7 Å². The Bertz CT molecular complexity index is 657.